The topological polar surface area (TPSA) is 201 Å². The van der Waals surface area contributed by atoms with Gasteiger partial charge in [0.15, 0.2) is 0 Å². The third-order valence-corrected chi connectivity index (χ3v) is 14.5. The summed E-state index contributed by atoms with van der Waals surface area (Å²) in [4.78, 5) is 75.6. The van der Waals surface area contributed by atoms with Crippen molar-refractivity contribution in [1.82, 2.24) is 15.1 Å². The minimum absolute atomic E-state index is 0.00567. The predicted octanol–water partition coefficient (Wildman–Crippen LogP) is 7.02. The average molecular weight is 981 g/mol. The van der Waals surface area contributed by atoms with Gasteiger partial charge in [-0.15, -0.1) is 0 Å². The highest BCUT2D eigenvalue weighted by Gasteiger charge is 2.53. The maximum absolute atomic E-state index is 15.3. The first kappa shape index (κ1) is 51.7. The first-order valence-corrected chi connectivity index (χ1v) is 23.9. The van der Waals surface area contributed by atoms with Gasteiger partial charge in [-0.25, -0.2) is 0 Å². The summed E-state index contributed by atoms with van der Waals surface area (Å²) in [6.07, 6.45) is 3.43. The Morgan fingerprint density at radius 1 is 0.843 bits per heavy atom. The number of aromatic hydroxyl groups is 1. The normalized spacial score (nSPS) is 30.2. The molecule has 70 heavy (non-hydrogen) atoms. The van der Waals surface area contributed by atoms with Crippen LogP contribution in [0.5, 0.6) is 11.5 Å². The Balaban J connectivity index is 1.32. The molecule has 372 valence electrons. The summed E-state index contributed by atoms with van der Waals surface area (Å²) in [5.41, 5.74) is 0.537. The second-order valence-corrected chi connectivity index (χ2v) is 19.3. The summed E-state index contributed by atoms with van der Waals surface area (Å²) in [7, 11) is 1.43. The van der Waals surface area contributed by atoms with E-state index in [9.17, 15) is 34.5 Å². The zero-order valence-electron chi connectivity index (χ0n) is 40.9. The number of ketones is 3. The maximum Gasteiger partial charge on any atom is 0.312 e. The zero-order valence-corrected chi connectivity index (χ0v) is 41.7. The molecule has 8 rings (SSSR count). The summed E-state index contributed by atoms with van der Waals surface area (Å²) in [5.74, 6) is -9.25. The van der Waals surface area contributed by atoms with Gasteiger partial charge in [0.1, 0.15) is 29.0 Å². The smallest absolute Gasteiger partial charge is 0.312 e. The SMILES string of the molecule is CO[C@H]1/C=C/O[C@@]2(C)Oc3c(C)c(O)c4c(c3C2=O)C(=O)C(N2CCN(C(c3ccccc3)c3ccc(Cl)cc3)CC2)=C(NC(=O)/C(C)=C\C=C\[C@H](C)[C@H](O)[C@@H](C)[C@H](O)[C@H](C)[C@H](OC(C)=O)[C@@H]1C)C4=O. The number of halogens is 1. The van der Waals surface area contributed by atoms with Gasteiger partial charge in [-0.05, 0) is 43.2 Å². The quantitative estimate of drug-likeness (QED) is 0.184. The van der Waals surface area contributed by atoms with Crippen LogP contribution >= 0.6 is 11.6 Å². The van der Waals surface area contributed by atoms with Crippen molar-refractivity contribution in [1.29, 1.82) is 0 Å². The molecule has 0 radical (unpaired) electrons. The number of methoxy groups -OCH3 is 1. The summed E-state index contributed by atoms with van der Waals surface area (Å²) in [6.45, 7) is 13.7. The monoisotopic (exact) mass is 979 g/mol. The van der Waals surface area contributed by atoms with E-state index < -0.39 is 94.4 Å². The molecule has 5 bridgehead atoms. The number of hydrogen-bond acceptors (Lipinski definition) is 14. The van der Waals surface area contributed by atoms with Crippen LogP contribution in [0.4, 0.5) is 0 Å². The van der Waals surface area contributed by atoms with Crippen LogP contribution in [0.2, 0.25) is 5.02 Å². The third-order valence-electron chi connectivity index (χ3n) is 14.2. The van der Waals surface area contributed by atoms with Crippen molar-refractivity contribution in [3.8, 4) is 11.5 Å². The van der Waals surface area contributed by atoms with Gasteiger partial charge in [-0.1, -0.05) is 100.0 Å². The Morgan fingerprint density at radius 3 is 2.11 bits per heavy atom. The molecule has 15 nitrogen and oxygen atoms in total. The van der Waals surface area contributed by atoms with E-state index in [4.69, 9.17) is 30.5 Å². The maximum atomic E-state index is 15.3. The highest BCUT2D eigenvalue weighted by atomic mass is 35.5. The summed E-state index contributed by atoms with van der Waals surface area (Å²) in [5, 5.41) is 38.2. The van der Waals surface area contributed by atoms with Crippen LogP contribution in [0.3, 0.4) is 0 Å². The van der Waals surface area contributed by atoms with Crippen LogP contribution in [-0.4, -0.2) is 118 Å². The molecule has 4 aliphatic heterocycles. The Hall–Kier alpha value is -6.10. The number of fused-ring (bicyclic) bond motifs is 14. The number of nitrogens with one attached hydrogen (secondary N) is 1. The summed E-state index contributed by atoms with van der Waals surface area (Å²) in [6, 6.07) is 17.4. The predicted molar refractivity (Wildman–Crippen MR) is 261 cm³/mol. The number of allylic oxidation sites excluding steroid dienone is 4. The van der Waals surface area contributed by atoms with E-state index in [0.29, 0.717) is 18.1 Å². The minimum Gasteiger partial charge on any atom is -0.507 e. The highest BCUT2D eigenvalue weighted by Crippen LogP contribution is 2.49. The molecule has 10 atom stereocenters. The summed E-state index contributed by atoms with van der Waals surface area (Å²) >= 11 is 6.29. The van der Waals surface area contributed by atoms with Crippen LogP contribution in [0.1, 0.15) is 102 Å². The molecule has 1 aliphatic carbocycles. The molecule has 4 heterocycles. The fourth-order valence-corrected chi connectivity index (χ4v) is 10.2. The van der Waals surface area contributed by atoms with Crippen molar-refractivity contribution in [3.05, 3.63) is 141 Å². The minimum atomic E-state index is -2.11. The van der Waals surface area contributed by atoms with Crippen LogP contribution < -0.4 is 10.1 Å². The number of piperazine rings is 1. The molecule has 3 aromatic carbocycles. The number of nitrogens with zero attached hydrogens (tertiary/aromatic N) is 2. The van der Waals surface area contributed by atoms with Crippen LogP contribution in [0.15, 0.2) is 102 Å². The lowest BCUT2D eigenvalue weighted by atomic mass is 9.78. The van der Waals surface area contributed by atoms with Gasteiger partial charge in [0.05, 0.1) is 47.3 Å². The zero-order chi connectivity index (χ0) is 50.9. The Bertz CT molecular complexity index is 2650. The number of aliphatic hydroxyl groups is 2. The molecule has 0 saturated carbocycles. The van der Waals surface area contributed by atoms with Gasteiger partial charge in [0.25, 0.3) is 11.7 Å². The lowest BCUT2D eigenvalue weighted by Gasteiger charge is -2.42. The molecule has 1 amide bonds. The second kappa shape index (κ2) is 21.1. The third kappa shape index (κ3) is 9.95. The number of Topliss-reactive ketones (excluding diaryl/α,β-unsaturated/α-hetero) is 3. The van der Waals surface area contributed by atoms with Crippen LogP contribution in [0, 0.1) is 30.6 Å². The molecule has 1 saturated heterocycles. The molecule has 4 N–H and O–H groups in total. The van der Waals surface area contributed by atoms with E-state index in [-0.39, 0.29) is 58.5 Å². The molecule has 0 aromatic heterocycles. The molecular formula is C54H62ClN3O12. The lowest BCUT2D eigenvalue weighted by Crippen LogP contribution is -2.50. The van der Waals surface area contributed by atoms with Crippen molar-refractivity contribution >= 4 is 40.8 Å². The van der Waals surface area contributed by atoms with Gasteiger partial charge in [0.2, 0.25) is 11.6 Å². The molecule has 16 heteroatoms. The van der Waals surface area contributed by atoms with Gasteiger partial charge < -0.3 is 44.5 Å². The number of benzene rings is 3. The summed E-state index contributed by atoms with van der Waals surface area (Å²) < 4.78 is 23.8. The number of esters is 1. The molecule has 1 fully saturated rings. The number of rotatable bonds is 6. The number of carbonyl (C=O) groups is 5. The van der Waals surface area contributed by atoms with Crippen molar-refractivity contribution in [2.24, 2.45) is 23.7 Å². The molecule has 1 unspecified atom stereocenters. The lowest BCUT2D eigenvalue weighted by molar-refractivity contribution is -0.160. The van der Waals surface area contributed by atoms with E-state index in [1.807, 2.05) is 54.6 Å². The van der Waals surface area contributed by atoms with Gasteiger partial charge in [-0.2, -0.15) is 0 Å². The molecule has 3 aromatic rings. The largest absolute Gasteiger partial charge is 0.507 e. The van der Waals surface area contributed by atoms with E-state index in [1.165, 1.54) is 53.2 Å². The van der Waals surface area contributed by atoms with E-state index in [1.54, 1.807) is 44.7 Å². The number of carbonyl (C=O) groups excluding carboxylic acids is 5. The number of ether oxygens (including phenoxy) is 4. The first-order chi connectivity index (χ1) is 33.2. The Morgan fingerprint density at radius 2 is 1.49 bits per heavy atom. The van der Waals surface area contributed by atoms with E-state index in [2.05, 4.69) is 10.2 Å². The number of aliphatic hydroxyl groups excluding tert-OH is 2. The van der Waals surface area contributed by atoms with Crippen LogP contribution in [0.25, 0.3) is 0 Å². The fourth-order valence-electron chi connectivity index (χ4n) is 10.1. The number of amides is 1. The van der Waals surface area contributed by atoms with Gasteiger partial charge >= 0.3 is 11.8 Å². The first-order valence-electron chi connectivity index (χ1n) is 23.5. The van der Waals surface area contributed by atoms with Crippen molar-refractivity contribution in [2.75, 3.05) is 33.3 Å². The Labute approximate surface area is 413 Å². The molecule has 5 aliphatic rings. The van der Waals surface area contributed by atoms with Crippen molar-refractivity contribution in [2.45, 2.75) is 91.6 Å². The van der Waals surface area contributed by atoms with E-state index in [0.717, 1.165) is 11.1 Å². The number of phenols is 1. The molecule has 0 spiro atoms. The number of hydrogen-bond donors (Lipinski definition) is 4. The van der Waals surface area contributed by atoms with Crippen molar-refractivity contribution in [3.63, 3.8) is 0 Å². The highest BCUT2D eigenvalue weighted by molar-refractivity contribution is 6.32. The van der Waals surface area contributed by atoms with Gasteiger partial charge in [0, 0.05) is 87.0 Å². The average Bonchev–Trinajstić information content (AvgIpc) is 3.61. The van der Waals surface area contributed by atoms with Crippen molar-refractivity contribution < 1.29 is 58.2 Å². The van der Waals surface area contributed by atoms with Gasteiger partial charge in [-0.3, -0.25) is 28.9 Å². The second-order valence-electron chi connectivity index (χ2n) is 18.9. The molecular weight excluding hydrogens is 918 g/mol. The fraction of sp³-hybridized carbons (Fsp3) is 0.426. The van der Waals surface area contributed by atoms with Crippen LogP contribution in [-0.2, 0) is 23.8 Å². The Kier molecular flexibility index (Phi) is 15.6. The van der Waals surface area contributed by atoms with E-state index >= 15 is 4.79 Å². The standard InChI is InChI=1S/C54H62ClN3O12/c1-28-14-13-15-29(2)53(66)56-42-44(58-25-23-57(24-26-58)43(35-16-11-10-12-17-35)36-18-20-37(55)21-19-36)49(64)39-40(48(42)63)47(62)33(6)51-41(39)52(65)54(8,70-51)68-27-22-38(67-9)30(3)50(69-34(7)59)32(5)46(61)31(4)45(28)60/h10-22,27-28,30-32,38,43,45-46,50,60-62H,23-26H2,1-9H3,(H,56,66)/b14-13+,27-22+,29-15-/t28-,30+,31+,32-,38-,43?,45-,46-,50+,54-/m0/s1. The number of phenolic OH excluding ortho intramolecular Hbond substituents is 1.